The number of nitrogens with zero attached hydrogens (tertiary/aromatic N) is 1. The molecule has 2 aromatic rings. The molecule has 2 heterocycles. The summed E-state index contributed by atoms with van der Waals surface area (Å²) in [7, 11) is 0. The highest BCUT2D eigenvalue weighted by atomic mass is 16.1. The molecule has 1 amide bonds. The van der Waals surface area contributed by atoms with Gasteiger partial charge in [-0.1, -0.05) is 6.07 Å². The van der Waals surface area contributed by atoms with Gasteiger partial charge >= 0.3 is 0 Å². The highest BCUT2D eigenvalue weighted by Crippen LogP contribution is 2.00. The maximum Gasteiger partial charge on any atom is 0.270 e. The molecule has 2 N–H and O–H groups in total. The molecule has 2 rings (SSSR count). The summed E-state index contributed by atoms with van der Waals surface area (Å²) in [6.45, 7) is 2.38. The van der Waals surface area contributed by atoms with Crippen LogP contribution in [0.15, 0.2) is 36.7 Å². The first-order chi connectivity index (χ1) is 7.75. The molecule has 4 nitrogen and oxygen atoms in total. The summed E-state index contributed by atoms with van der Waals surface area (Å²) in [5, 5.41) is 2.81. The van der Waals surface area contributed by atoms with E-state index in [1.807, 2.05) is 37.5 Å². The first kappa shape index (κ1) is 10.4. The van der Waals surface area contributed by atoms with Crippen molar-refractivity contribution in [2.45, 2.75) is 13.5 Å². The normalized spacial score (nSPS) is 10.1. The van der Waals surface area contributed by atoms with E-state index in [0.29, 0.717) is 12.2 Å². The minimum absolute atomic E-state index is 0.148. The van der Waals surface area contributed by atoms with E-state index in [-0.39, 0.29) is 5.91 Å². The maximum atomic E-state index is 11.7. The summed E-state index contributed by atoms with van der Waals surface area (Å²) in [4.78, 5) is 18.8. The number of aromatic amines is 1. The van der Waals surface area contributed by atoms with Crippen LogP contribution in [0, 0.1) is 6.92 Å². The molecule has 0 bridgehead atoms. The van der Waals surface area contributed by atoms with Gasteiger partial charge in [0.25, 0.3) is 5.91 Å². The number of nitrogens with one attached hydrogen (secondary N) is 2. The van der Waals surface area contributed by atoms with Crippen LogP contribution in [0.25, 0.3) is 0 Å². The average Bonchev–Trinajstić information content (AvgIpc) is 2.78. The smallest absolute Gasteiger partial charge is 0.270 e. The van der Waals surface area contributed by atoms with Crippen molar-refractivity contribution in [1.82, 2.24) is 15.3 Å². The second-order valence-electron chi connectivity index (χ2n) is 3.57. The van der Waals surface area contributed by atoms with E-state index in [0.717, 1.165) is 11.3 Å². The minimum Gasteiger partial charge on any atom is -0.367 e. The number of carbonyl (C=O) groups excluding carboxylic acids is 1. The molecule has 0 saturated heterocycles. The Kier molecular flexibility index (Phi) is 3.00. The van der Waals surface area contributed by atoms with Gasteiger partial charge in [0.15, 0.2) is 0 Å². The molecule has 16 heavy (non-hydrogen) atoms. The van der Waals surface area contributed by atoms with Gasteiger partial charge in [-0.3, -0.25) is 4.79 Å². The Balaban J connectivity index is 1.98. The highest BCUT2D eigenvalue weighted by molar-refractivity contribution is 5.92. The molecule has 0 aliphatic heterocycles. The third-order valence-electron chi connectivity index (χ3n) is 2.24. The van der Waals surface area contributed by atoms with E-state index in [2.05, 4.69) is 15.3 Å². The zero-order valence-electron chi connectivity index (χ0n) is 9.03. The Labute approximate surface area is 93.7 Å². The Hall–Kier alpha value is -2.10. The van der Waals surface area contributed by atoms with E-state index in [4.69, 9.17) is 0 Å². The summed E-state index contributed by atoms with van der Waals surface area (Å²) in [5.41, 5.74) is 2.34. The third kappa shape index (κ3) is 2.48. The fourth-order valence-electron chi connectivity index (χ4n) is 1.41. The summed E-state index contributed by atoms with van der Waals surface area (Å²) in [6.07, 6.45) is 3.68. The number of pyridine rings is 1. The van der Waals surface area contributed by atoms with Gasteiger partial charge in [-0.25, -0.2) is 4.98 Å². The minimum atomic E-state index is -0.148. The topological polar surface area (TPSA) is 57.8 Å². The molecular formula is C12H13N3O. The van der Waals surface area contributed by atoms with Crippen LogP contribution in [0.3, 0.4) is 0 Å². The van der Waals surface area contributed by atoms with Crippen molar-refractivity contribution in [3.05, 3.63) is 53.6 Å². The van der Waals surface area contributed by atoms with Gasteiger partial charge in [0.2, 0.25) is 0 Å². The van der Waals surface area contributed by atoms with E-state index in [9.17, 15) is 4.79 Å². The van der Waals surface area contributed by atoms with Gasteiger partial charge in [-0.2, -0.15) is 0 Å². The quantitative estimate of drug-likeness (QED) is 0.817. The third-order valence-corrected chi connectivity index (χ3v) is 2.24. The van der Waals surface area contributed by atoms with Gasteiger partial charge in [0.1, 0.15) is 5.69 Å². The number of aromatic nitrogens is 2. The number of aryl methyl sites for hydroxylation is 1. The maximum absolute atomic E-state index is 11.7. The van der Waals surface area contributed by atoms with Crippen molar-refractivity contribution in [1.29, 1.82) is 0 Å². The van der Waals surface area contributed by atoms with Crippen molar-refractivity contribution in [3.63, 3.8) is 0 Å². The van der Waals surface area contributed by atoms with Crippen LogP contribution in [-0.2, 0) is 6.54 Å². The molecule has 0 aliphatic carbocycles. The number of rotatable bonds is 3. The van der Waals surface area contributed by atoms with Gasteiger partial charge in [0.05, 0.1) is 0 Å². The molecule has 0 aromatic carbocycles. The molecule has 0 fully saturated rings. The van der Waals surface area contributed by atoms with Crippen LogP contribution in [0.2, 0.25) is 0 Å². The summed E-state index contributed by atoms with van der Waals surface area (Å²) in [6, 6.07) is 7.32. The molecule has 0 saturated carbocycles. The average molecular weight is 215 g/mol. The van der Waals surface area contributed by atoms with Crippen LogP contribution >= 0.6 is 0 Å². The lowest BCUT2D eigenvalue weighted by atomic mass is 10.3. The number of amides is 1. The van der Waals surface area contributed by atoms with E-state index in [1.54, 1.807) is 6.07 Å². The Bertz CT molecular complexity index is 477. The standard InChI is InChI=1S/C12H13N3O/c1-9-3-2-4-11(15-9)12(16)14-8-10-5-6-13-7-10/h2-7,13H,8H2,1H3,(H,14,16). The summed E-state index contributed by atoms with van der Waals surface area (Å²) in [5.74, 6) is -0.148. The largest absolute Gasteiger partial charge is 0.367 e. The number of carbonyl (C=O) groups is 1. The van der Waals surface area contributed by atoms with Crippen LogP contribution in [0.1, 0.15) is 21.7 Å². The Morgan fingerprint density at radius 3 is 3.00 bits per heavy atom. The number of hydrogen-bond donors (Lipinski definition) is 2. The Morgan fingerprint density at radius 1 is 1.44 bits per heavy atom. The predicted octanol–water partition coefficient (Wildman–Crippen LogP) is 1.65. The van der Waals surface area contributed by atoms with E-state index >= 15 is 0 Å². The highest BCUT2D eigenvalue weighted by Gasteiger charge is 2.06. The zero-order valence-corrected chi connectivity index (χ0v) is 9.03. The zero-order chi connectivity index (χ0) is 11.4. The van der Waals surface area contributed by atoms with Crippen molar-refractivity contribution in [3.8, 4) is 0 Å². The SMILES string of the molecule is Cc1cccc(C(=O)NCc2cc[nH]c2)n1. The number of H-pyrrole nitrogens is 1. The molecule has 4 heteroatoms. The van der Waals surface area contributed by atoms with Crippen LogP contribution < -0.4 is 5.32 Å². The van der Waals surface area contributed by atoms with E-state index in [1.165, 1.54) is 0 Å². The predicted molar refractivity (Wildman–Crippen MR) is 60.9 cm³/mol. The molecule has 82 valence electrons. The molecule has 0 unspecified atom stereocenters. The Morgan fingerprint density at radius 2 is 2.31 bits per heavy atom. The van der Waals surface area contributed by atoms with Gasteiger partial charge in [-0.05, 0) is 30.7 Å². The summed E-state index contributed by atoms with van der Waals surface area (Å²) < 4.78 is 0. The van der Waals surface area contributed by atoms with Crippen LogP contribution in [-0.4, -0.2) is 15.9 Å². The lowest BCUT2D eigenvalue weighted by Gasteiger charge is -2.03. The van der Waals surface area contributed by atoms with Crippen LogP contribution in [0.4, 0.5) is 0 Å². The first-order valence-corrected chi connectivity index (χ1v) is 5.09. The fraction of sp³-hybridized carbons (Fsp3) is 0.167. The first-order valence-electron chi connectivity index (χ1n) is 5.09. The molecular weight excluding hydrogens is 202 g/mol. The molecule has 0 aliphatic rings. The monoisotopic (exact) mass is 215 g/mol. The van der Waals surface area contributed by atoms with Crippen molar-refractivity contribution in [2.75, 3.05) is 0 Å². The molecule has 2 aromatic heterocycles. The second-order valence-corrected chi connectivity index (χ2v) is 3.57. The molecule has 0 atom stereocenters. The lowest BCUT2D eigenvalue weighted by Crippen LogP contribution is -2.23. The van der Waals surface area contributed by atoms with Gasteiger partial charge in [0, 0.05) is 24.6 Å². The van der Waals surface area contributed by atoms with Crippen LogP contribution in [0.5, 0.6) is 0 Å². The van der Waals surface area contributed by atoms with E-state index < -0.39 is 0 Å². The van der Waals surface area contributed by atoms with Crippen molar-refractivity contribution in [2.24, 2.45) is 0 Å². The van der Waals surface area contributed by atoms with Crippen molar-refractivity contribution >= 4 is 5.91 Å². The second kappa shape index (κ2) is 4.61. The molecule has 0 radical (unpaired) electrons. The van der Waals surface area contributed by atoms with Crippen molar-refractivity contribution < 1.29 is 4.79 Å². The van der Waals surface area contributed by atoms with Gasteiger partial charge < -0.3 is 10.3 Å². The van der Waals surface area contributed by atoms with Gasteiger partial charge in [-0.15, -0.1) is 0 Å². The number of hydrogen-bond acceptors (Lipinski definition) is 2. The molecule has 0 spiro atoms. The lowest BCUT2D eigenvalue weighted by molar-refractivity contribution is 0.0945. The summed E-state index contributed by atoms with van der Waals surface area (Å²) >= 11 is 0. The fourth-order valence-corrected chi connectivity index (χ4v) is 1.41.